The van der Waals surface area contributed by atoms with Crippen LogP contribution in [-0.4, -0.2) is 43.9 Å². The molecule has 1 atom stereocenters. The van der Waals surface area contributed by atoms with Gasteiger partial charge < -0.3 is 10.4 Å². The molecule has 40 heavy (non-hydrogen) atoms. The number of halogens is 6. The highest BCUT2D eigenvalue weighted by atomic mass is 32.2. The van der Waals surface area contributed by atoms with Gasteiger partial charge in [0, 0.05) is 18.0 Å². The Balaban J connectivity index is 1.76. The van der Waals surface area contributed by atoms with Crippen LogP contribution in [0.5, 0.6) is 0 Å². The number of aliphatic hydroxyl groups is 1. The van der Waals surface area contributed by atoms with Gasteiger partial charge in [0.2, 0.25) is 5.91 Å². The summed E-state index contributed by atoms with van der Waals surface area (Å²) in [6.45, 7) is 1.75. The van der Waals surface area contributed by atoms with Crippen LogP contribution in [0, 0.1) is 6.92 Å². The second kappa shape index (κ2) is 10.9. The summed E-state index contributed by atoms with van der Waals surface area (Å²) >= 11 is 0. The summed E-state index contributed by atoms with van der Waals surface area (Å²) < 4.78 is 110. The predicted octanol–water partition coefficient (Wildman–Crippen LogP) is 5.66. The van der Waals surface area contributed by atoms with E-state index in [0.29, 0.717) is 12.1 Å². The van der Waals surface area contributed by atoms with Crippen LogP contribution in [0.2, 0.25) is 0 Å². The van der Waals surface area contributed by atoms with Crippen molar-refractivity contribution in [2.45, 2.75) is 93.2 Å². The number of hydrogen-bond acceptors (Lipinski definition) is 4. The largest absolute Gasteiger partial charge is 0.430 e. The minimum Gasteiger partial charge on any atom is -0.369 e. The maximum atomic E-state index is 13.8. The number of nitrogens with one attached hydrogen (secondary N) is 1. The third-order valence-electron chi connectivity index (χ3n) is 7.60. The zero-order chi connectivity index (χ0) is 29.5. The average molecular weight is 593 g/mol. The normalized spacial score (nSPS) is 19.3. The molecule has 2 N–H and O–H groups in total. The van der Waals surface area contributed by atoms with Crippen LogP contribution in [0.15, 0.2) is 47.4 Å². The fraction of sp³-hybridized carbons (Fsp3) is 0.519. The fourth-order valence-electron chi connectivity index (χ4n) is 5.43. The van der Waals surface area contributed by atoms with Crippen LogP contribution in [0.4, 0.5) is 32.0 Å². The third-order valence-corrected chi connectivity index (χ3v) is 9.48. The lowest BCUT2D eigenvalue weighted by Crippen LogP contribution is -2.54. The van der Waals surface area contributed by atoms with Crippen molar-refractivity contribution in [1.82, 2.24) is 5.32 Å². The molecule has 0 spiro atoms. The van der Waals surface area contributed by atoms with Crippen molar-refractivity contribution in [3.8, 4) is 0 Å². The Hall–Kier alpha value is -2.80. The molecule has 13 heteroatoms. The summed E-state index contributed by atoms with van der Waals surface area (Å²) in [6, 6.07) is 6.65. The van der Waals surface area contributed by atoms with Crippen LogP contribution >= 0.6 is 0 Å². The molecule has 0 bridgehead atoms. The van der Waals surface area contributed by atoms with Crippen LogP contribution in [0.1, 0.15) is 61.6 Å². The minimum absolute atomic E-state index is 0.0317. The first-order valence-electron chi connectivity index (χ1n) is 13.0. The number of benzene rings is 2. The number of alkyl halides is 6. The molecule has 1 heterocycles. The van der Waals surface area contributed by atoms with Crippen molar-refractivity contribution in [3.63, 3.8) is 0 Å². The Morgan fingerprint density at radius 3 is 2.12 bits per heavy atom. The Morgan fingerprint density at radius 1 is 0.950 bits per heavy atom. The average Bonchev–Trinajstić information content (AvgIpc) is 2.87. The number of aryl methyl sites for hydroxylation is 2. The number of sulfonamides is 1. The molecule has 4 rings (SSSR count). The first-order valence-corrected chi connectivity index (χ1v) is 14.4. The summed E-state index contributed by atoms with van der Waals surface area (Å²) in [4.78, 5) is 12.8. The summed E-state index contributed by atoms with van der Waals surface area (Å²) in [5.41, 5.74) is -6.11. The van der Waals surface area contributed by atoms with Crippen molar-refractivity contribution < 1.29 is 44.7 Å². The molecule has 1 fully saturated rings. The lowest BCUT2D eigenvalue weighted by molar-refractivity contribution is -0.376. The minimum atomic E-state index is -6.08. The SMILES string of the molecule is Cc1ccc(S(=O)(=O)N2c3ccc(C(O)(C(F)(F)F)C(F)(F)F)cc3CCC2CC(=O)NC2CCCCC2)cc1. The molecule has 1 saturated carbocycles. The highest BCUT2D eigenvalue weighted by molar-refractivity contribution is 7.92. The summed E-state index contributed by atoms with van der Waals surface area (Å²) in [5, 5.41) is 12.8. The van der Waals surface area contributed by atoms with Crippen molar-refractivity contribution in [3.05, 3.63) is 59.2 Å². The first kappa shape index (κ1) is 30.2. The summed E-state index contributed by atoms with van der Waals surface area (Å²) in [5.74, 6) is -0.385. The van der Waals surface area contributed by atoms with Gasteiger partial charge in [-0.05, 0) is 56.4 Å². The van der Waals surface area contributed by atoms with Gasteiger partial charge in [0.1, 0.15) is 0 Å². The molecule has 0 saturated heterocycles. The molecule has 1 amide bonds. The monoisotopic (exact) mass is 592 g/mol. The van der Waals surface area contributed by atoms with E-state index in [9.17, 15) is 44.7 Å². The standard InChI is InChI=1S/C27H30F6N2O4S/c1-17-7-12-22(13-8-17)40(38,39)35-21(16-24(36)34-20-5-3-2-4-6-20)11-9-18-15-19(10-14-23(18)35)25(37,26(28,29)30)27(31,32)33/h7-8,10,12-15,20-21,37H,2-6,9,11,16H2,1H3,(H,34,36). The second-order valence-corrected chi connectivity index (χ2v) is 12.3. The highest BCUT2D eigenvalue weighted by Gasteiger charge is 2.71. The number of carbonyl (C=O) groups excluding carboxylic acids is 1. The van der Waals surface area contributed by atoms with E-state index in [-0.39, 0.29) is 47.4 Å². The molecule has 0 aromatic heterocycles. The van der Waals surface area contributed by atoms with E-state index in [2.05, 4.69) is 5.32 Å². The first-order chi connectivity index (χ1) is 18.6. The number of carbonyl (C=O) groups is 1. The van der Waals surface area contributed by atoms with Crippen molar-refractivity contribution >= 4 is 21.6 Å². The Labute approximate surface area is 228 Å². The molecule has 1 aliphatic carbocycles. The molecule has 2 aromatic rings. The van der Waals surface area contributed by atoms with Gasteiger partial charge in [0.25, 0.3) is 15.6 Å². The summed E-state index contributed by atoms with van der Waals surface area (Å²) in [7, 11) is -4.38. The number of nitrogens with zero attached hydrogens (tertiary/aromatic N) is 1. The quantitative estimate of drug-likeness (QED) is 0.424. The molecule has 1 aliphatic heterocycles. The summed E-state index contributed by atoms with van der Waals surface area (Å²) in [6.07, 6.45) is -7.95. The zero-order valence-corrected chi connectivity index (χ0v) is 22.5. The molecule has 220 valence electrons. The van der Waals surface area contributed by atoms with Crippen LogP contribution in [0.3, 0.4) is 0 Å². The smallest absolute Gasteiger partial charge is 0.369 e. The van der Waals surface area contributed by atoms with Gasteiger partial charge in [-0.3, -0.25) is 9.10 Å². The number of fused-ring (bicyclic) bond motifs is 1. The molecule has 0 radical (unpaired) electrons. The fourth-order valence-corrected chi connectivity index (χ4v) is 7.15. The van der Waals surface area contributed by atoms with Gasteiger partial charge in [-0.2, -0.15) is 26.3 Å². The van der Waals surface area contributed by atoms with Crippen molar-refractivity contribution in [1.29, 1.82) is 0 Å². The van der Waals surface area contributed by atoms with E-state index in [1.807, 2.05) is 0 Å². The van der Waals surface area contributed by atoms with E-state index in [1.54, 1.807) is 19.1 Å². The van der Waals surface area contributed by atoms with Crippen LogP contribution in [-0.2, 0) is 26.8 Å². The Bertz CT molecular complexity index is 1320. The van der Waals surface area contributed by atoms with Crippen LogP contribution in [0.25, 0.3) is 0 Å². The Morgan fingerprint density at radius 2 is 1.55 bits per heavy atom. The second-order valence-electron chi connectivity index (χ2n) is 10.5. The van der Waals surface area contributed by atoms with Gasteiger partial charge in [-0.1, -0.05) is 49.1 Å². The number of rotatable bonds is 6. The molecule has 6 nitrogen and oxygen atoms in total. The number of anilines is 1. The Kier molecular flexibility index (Phi) is 8.21. The highest BCUT2D eigenvalue weighted by Crippen LogP contribution is 2.51. The maximum Gasteiger partial charge on any atom is 0.430 e. The van der Waals surface area contributed by atoms with E-state index in [1.165, 1.54) is 12.1 Å². The lowest BCUT2D eigenvalue weighted by Gasteiger charge is -2.39. The molecule has 1 unspecified atom stereocenters. The molecule has 2 aromatic carbocycles. The van der Waals surface area contributed by atoms with Gasteiger partial charge in [-0.15, -0.1) is 0 Å². The lowest BCUT2D eigenvalue weighted by atomic mass is 9.87. The number of hydrogen-bond donors (Lipinski definition) is 2. The van der Waals surface area contributed by atoms with E-state index in [0.717, 1.165) is 48.0 Å². The van der Waals surface area contributed by atoms with E-state index >= 15 is 0 Å². The molecular weight excluding hydrogens is 562 g/mol. The predicted molar refractivity (Wildman–Crippen MR) is 135 cm³/mol. The van der Waals surface area contributed by atoms with E-state index < -0.39 is 39.6 Å². The van der Waals surface area contributed by atoms with Crippen molar-refractivity contribution in [2.75, 3.05) is 4.31 Å². The van der Waals surface area contributed by atoms with Gasteiger partial charge in [0.15, 0.2) is 0 Å². The number of amides is 1. The third kappa shape index (κ3) is 5.67. The topological polar surface area (TPSA) is 86.7 Å². The van der Waals surface area contributed by atoms with Gasteiger partial charge in [-0.25, -0.2) is 8.42 Å². The van der Waals surface area contributed by atoms with E-state index in [4.69, 9.17) is 0 Å². The zero-order valence-electron chi connectivity index (χ0n) is 21.6. The maximum absolute atomic E-state index is 13.8. The van der Waals surface area contributed by atoms with Crippen molar-refractivity contribution in [2.24, 2.45) is 0 Å². The molecular formula is C27H30F6N2O4S. The molecule has 2 aliphatic rings. The van der Waals surface area contributed by atoms with Crippen LogP contribution < -0.4 is 9.62 Å². The van der Waals surface area contributed by atoms with Gasteiger partial charge >= 0.3 is 12.4 Å². The van der Waals surface area contributed by atoms with Gasteiger partial charge in [0.05, 0.1) is 16.6 Å².